The summed E-state index contributed by atoms with van der Waals surface area (Å²) >= 11 is 0. The molecule has 0 aliphatic carbocycles. The van der Waals surface area contributed by atoms with Crippen LogP contribution in [0.15, 0.2) is 24.3 Å². The first-order valence-electron chi connectivity index (χ1n) is 9.28. The van der Waals surface area contributed by atoms with Crippen LogP contribution in [0.3, 0.4) is 0 Å². The molecule has 2 amide bonds. The maximum Gasteiger partial charge on any atom is 0.230 e. The molecule has 2 aliphatic rings. The molecule has 0 unspecified atom stereocenters. The monoisotopic (exact) mass is 344 g/mol. The van der Waals surface area contributed by atoms with Crippen molar-refractivity contribution in [3.8, 4) is 5.75 Å². The molecule has 2 fully saturated rings. The second kappa shape index (κ2) is 7.46. The van der Waals surface area contributed by atoms with Gasteiger partial charge in [-0.3, -0.25) is 9.59 Å². The lowest BCUT2D eigenvalue weighted by Gasteiger charge is -2.38. The first-order chi connectivity index (χ1) is 12.1. The largest absolute Gasteiger partial charge is 0.497 e. The molecule has 1 spiro atoms. The van der Waals surface area contributed by atoms with Gasteiger partial charge in [-0.05, 0) is 50.3 Å². The summed E-state index contributed by atoms with van der Waals surface area (Å²) in [6.07, 6.45) is 3.96. The second-order valence-electron chi connectivity index (χ2n) is 7.19. The summed E-state index contributed by atoms with van der Waals surface area (Å²) in [4.78, 5) is 29.3. The number of piperidine rings is 1. The third-order valence-electron chi connectivity index (χ3n) is 5.67. The molecule has 0 aromatic heterocycles. The zero-order valence-electron chi connectivity index (χ0n) is 15.3. The fourth-order valence-electron chi connectivity index (χ4n) is 4.16. The maximum atomic E-state index is 12.8. The molecule has 2 heterocycles. The predicted molar refractivity (Wildman–Crippen MR) is 96.4 cm³/mol. The molecule has 0 radical (unpaired) electrons. The molecule has 5 heteroatoms. The van der Waals surface area contributed by atoms with Crippen LogP contribution in [0.2, 0.25) is 0 Å². The number of nitrogens with zero attached hydrogens (tertiary/aromatic N) is 2. The average molecular weight is 344 g/mol. The number of amides is 2. The van der Waals surface area contributed by atoms with Crippen LogP contribution in [0.5, 0.6) is 5.75 Å². The summed E-state index contributed by atoms with van der Waals surface area (Å²) in [6, 6.07) is 7.85. The topological polar surface area (TPSA) is 49.9 Å². The van der Waals surface area contributed by atoms with Gasteiger partial charge in [-0.15, -0.1) is 0 Å². The van der Waals surface area contributed by atoms with Crippen LogP contribution in [0.4, 0.5) is 0 Å². The van der Waals surface area contributed by atoms with Crippen LogP contribution >= 0.6 is 0 Å². The number of benzene rings is 1. The lowest BCUT2D eigenvalue weighted by Crippen LogP contribution is -2.50. The standard InChI is InChI=1S/C20H28N2O3/c1-3-21-12-5-10-20(19(21)24)11-13-22(15-20)18(23)9-8-16-6-4-7-17(14-16)25-2/h4,6-7,14H,3,5,8-13,15H2,1-2H3/t20-/m1/s1. The Labute approximate surface area is 149 Å². The molecule has 0 bridgehead atoms. The fourth-order valence-corrected chi connectivity index (χ4v) is 4.16. The van der Waals surface area contributed by atoms with Gasteiger partial charge in [0.2, 0.25) is 11.8 Å². The Kier molecular flexibility index (Phi) is 5.30. The summed E-state index contributed by atoms with van der Waals surface area (Å²) in [5, 5.41) is 0. The Morgan fingerprint density at radius 1 is 1.28 bits per heavy atom. The van der Waals surface area contributed by atoms with E-state index >= 15 is 0 Å². The normalized spacial score (nSPS) is 23.4. The van der Waals surface area contributed by atoms with Gasteiger partial charge in [0.1, 0.15) is 5.75 Å². The van der Waals surface area contributed by atoms with Gasteiger partial charge in [0.25, 0.3) is 0 Å². The van der Waals surface area contributed by atoms with Crippen molar-refractivity contribution in [3.05, 3.63) is 29.8 Å². The van der Waals surface area contributed by atoms with Gasteiger partial charge in [0.15, 0.2) is 0 Å². The van der Waals surface area contributed by atoms with E-state index < -0.39 is 0 Å². The first-order valence-corrected chi connectivity index (χ1v) is 9.28. The molecule has 1 aromatic rings. The molecule has 0 N–H and O–H groups in total. The van der Waals surface area contributed by atoms with Crippen molar-refractivity contribution in [1.29, 1.82) is 0 Å². The molecule has 3 rings (SSSR count). The van der Waals surface area contributed by atoms with Crippen LogP contribution in [-0.2, 0) is 16.0 Å². The summed E-state index contributed by atoms with van der Waals surface area (Å²) < 4.78 is 5.23. The van der Waals surface area contributed by atoms with Crippen LogP contribution in [-0.4, -0.2) is 54.9 Å². The van der Waals surface area contributed by atoms with Crippen molar-refractivity contribution in [2.75, 3.05) is 33.3 Å². The number of carbonyl (C=O) groups is 2. The lowest BCUT2D eigenvalue weighted by molar-refractivity contribution is -0.145. The number of ether oxygens (including phenoxy) is 1. The van der Waals surface area contributed by atoms with E-state index in [1.165, 1.54) is 0 Å². The van der Waals surface area contributed by atoms with E-state index in [0.29, 0.717) is 25.9 Å². The van der Waals surface area contributed by atoms with Gasteiger partial charge < -0.3 is 14.5 Å². The number of likely N-dealkylation sites (tertiary alicyclic amines) is 2. The lowest BCUT2D eigenvalue weighted by atomic mass is 9.78. The molecule has 1 aromatic carbocycles. The van der Waals surface area contributed by atoms with Gasteiger partial charge in [-0.1, -0.05) is 12.1 Å². The van der Waals surface area contributed by atoms with Crippen molar-refractivity contribution in [2.24, 2.45) is 5.41 Å². The summed E-state index contributed by atoms with van der Waals surface area (Å²) in [7, 11) is 1.65. The van der Waals surface area contributed by atoms with Crippen LogP contribution in [0.25, 0.3) is 0 Å². The van der Waals surface area contributed by atoms with E-state index in [1.54, 1.807) is 7.11 Å². The Morgan fingerprint density at radius 3 is 2.88 bits per heavy atom. The van der Waals surface area contributed by atoms with Gasteiger partial charge in [-0.2, -0.15) is 0 Å². The van der Waals surface area contributed by atoms with Gasteiger partial charge in [0.05, 0.1) is 12.5 Å². The molecule has 2 saturated heterocycles. The van der Waals surface area contributed by atoms with Crippen molar-refractivity contribution in [1.82, 2.24) is 9.80 Å². The van der Waals surface area contributed by atoms with E-state index in [1.807, 2.05) is 41.0 Å². The van der Waals surface area contributed by atoms with E-state index in [4.69, 9.17) is 4.74 Å². The van der Waals surface area contributed by atoms with Crippen molar-refractivity contribution < 1.29 is 14.3 Å². The van der Waals surface area contributed by atoms with E-state index in [-0.39, 0.29) is 17.2 Å². The van der Waals surface area contributed by atoms with Crippen LogP contribution in [0.1, 0.15) is 38.2 Å². The Morgan fingerprint density at radius 2 is 2.12 bits per heavy atom. The predicted octanol–water partition coefficient (Wildman–Crippen LogP) is 2.49. The molecule has 25 heavy (non-hydrogen) atoms. The minimum Gasteiger partial charge on any atom is -0.497 e. The van der Waals surface area contributed by atoms with Crippen LogP contribution in [0, 0.1) is 5.41 Å². The third-order valence-corrected chi connectivity index (χ3v) is 5.67. The number of methoxy groups -OCH3 is 1. The maximum absolute atomic E-state index is 12.8. The van der Waals surface area contributed by atoms with E-state index in [2.05, 4.69) is 0 Å². The molecular weight excluding hydrogens is 316 g/mol. The van der Waals surface area contributed by atoms with E-state index in [0.717, 1.165) is 43.7 Å². The minimum atomic E-state index is -0.320. The van der Waals surface area contributed by atoms with Crippen molar-refractivity contribution in [2.45, 2.75) is 39.0 Å². The zero-order valence-corrected chi connectivity index (χ0v) is 15.3. The Hall–Kier alpha value is -2.04. The summed E-state index contributed by atoms with van der Waals surface area (Å²) in [5.74, 6) is 1.22. The molecule has 1 atom stereocenters. The molecular formula is C20H28N2O3. The Bertz CT molecular complexity index is 646. The van der Waals surface area contributed by atoms with Gasteiger partial charge in [0, 0.05) is 32.6 Å². The zero-order chi connectivity index (χ0) is 17.9. The highest BCUT2D eigenvalue weighted by Gasteiger charge is 2.48. The van der Waals surface area contributed by atoms with Crippen molar-refractivity contribution in [3.63, 3.8) is 0 Å². The number of hydrogen-bond acceptors (Lipinski definition) is 3. The highest BCUT2D eigenvalue weighted by Crippen LogP contribution is 2.40. The highest BCUT2D eigenvalue weighted by atomic mass is 16.5. The van der Waals surface area contributed by atoms with Gasteiger partial charge >= 0.3 is 0 Å². The number of hydrogen-bond donors (Lipinski definition) is 0. The quantitative estimate of drug-likeness (QED) is 0.825. The number of carbonyl (C=O) groups excluding carboxylic acids is 2. The summed E-state index contributed by atoms with van der Waals surface area (Å²) in [6.45, 7) is 4.97. The SMILES string of the molecule is CCN1CCC[C@]2(CCN(C(=O)CCc3cccc(OC)c3)C2)C1=O. The fraction of sp³-hybridized carbons (Fsp3) is 0.600. The van der Waals surface area contributed by atoms with E-state index in [9.17, 15) is 9.59 Å². The molecule has 0 saturated carbocycles. The molecule has 2 aliphatic heterocycles. The molecule has 5 nitrogen and oxygen atoms in total. The number of aryl methyl sites for hydroxylation is 1. The van der Waals surface area contributed by atoms with Crippen molar-refractivity contribution >= 4 is 11.8 Å². The van der Waals surface area contributed by atoms with Crippen LogP contribution < -0.4 is 4.74 Å². The smallest absolute Gasteiger partial charge is 0.230 e. The minimum absolute atomic E-state index is 0.154. The average Bonchev–Trinajstić information content (AvgIpc) is 3.07. The summed E-state index contributed by atoms with van der Waals surface area (Å²) in [5.41, 5.74) is 0.785. The highest BCUT2D eigenvalue weighted by molar-refractivity contribution is 5.86. The third kappa shape index (κ3) is 3.65. The molecule has 136 valence electrons. The Balaban J connectivity index is 1.58. The number of rotatable bonds is 5. The van der Waals surface area contributed by atoms with Gasteiger partial charge in [-0.25, -0.2) is 0 Å². The first kappa shape index (κ1) is 17.8. The second-order valence-corrected chi connectivity index (χ2v) is 7.19.